The molecule has 4 N–H and O–H groups in total. The normalized spacial score (nSPS) is 40.5. The maximum Gasteiger partial charge on any atom is 0.224 e. The Morgan fingerprint density at radius 2 is 2.00 bits per heavy atom. The van der Waals surface area contributed by atoms with E-state index in [9.17, 15) is 9.90 Å². The Hall–Kier alpha value is -0.610. The standard InChI is InChI=1S/C13H24N2O2/c1-13(2)10(7-11(13)16)15-12(17)8-5-3-4-6-9(8)14/h8-11,16H,3-7,14H2,1-2H3,(H,15,17). The number of carbonyl (C=O) groups is 1. The molecule has 0 aliphatic heterocycles. The van der Waals surface area contributed by atoms with E-state index in [2.05, 4.69) is 5.32 Å². The van der Waals surface area contributed by atoms with E-state index in [1.165, 1.54) is 0 Å². The lowest BCUT2D eigenvalue weighted by molar-refractivity contribution is -0.134. The summed E-state index contributed by atoms with van der Waals surface area (Å²) in [5.74, 6) is 0.0551. The van der Waals surface area contributed by atoms with Gasteiger partial charge in [0, 0.05) is 17.5 Å². The molecule has 0 heterocycles. The molecule has 0 radical (unpaired) electrons. The first-order chi connectivity index (χ1) is 7.93. The van der Waals surface area contributed by atoms with E-state index >= 15 is 0 Å². The van der Waals surface area contributed by atoms with Crippen LogP contribution in [0, 0.1) is 11.3 Å². The van der Waals surface area contributed by atoms with Crippen molar-refractivity contribution >= 4 is 5.91 Å². The average molecular weight is 240 g/mol. The fourth-order valence-electron chi connectivity index (χ4n) is 2.91. The van der Waals surface area contributed by atoms with Crippen molar-refractivity contribution in [2.45, 2.75) is 64.1 Å². The van der Waals surface area contributed by atoms with Crippen molar-refractivity contribution in [2.24, 2.45) is 17.1 Å². The molecular formula is C13H24N2O2. The second kappa shape index (κ2) is 4.58. The quantitative estimate of drug-likeness (QED) is 0.667. The summed E-state index contributed by atoms with van der Waals surface area (Å²) in [6, 6.07) is 0.107. The van der Waals surface area contributed by atoms with Crippen molar-refractivity contribution in [3.63, 3.8) is 0 Å². The van der Waals surface area contributed by atoms with Gasteiger partial charge >= 0.3 is 0 Å². The topological polar surface area (TPSA) is 75.3 Å². The van der Waals surface area contributed by atoms with Gasteiger partial charge in [-0.25, -0.2) is 0 Å². The van der Waals surface area contributed by atoms with Gasteiger partial charge in [0.05, 0.1) is 12.0 Å². The molecule has 4 unspecified atom stereocenters. The molecule has 0 bridgehead atoms. The van der Waals surface area contributed by atoms with E-state index in [4.69, 9.17) is 5.73 Å². The van der Waals surface area contributed by atoms with Gasteiger partial charge in [0.15, 0.2) is 0 Å². The average Bonchev–Trinajstić information content (AvgIpc) is 2.29. The van der Waals surface area contributed by atoms with Gasteiger partial charge in [0.2, 0.25) is 5.91 Å². The highest BCUT2D eigenvalue weighted by molar-refractivity contribution is 5.80. The van der Waals surface area contributed by atoms with Crippen LogP contribution in [-0.2, 0) is 4.79 Å². The predicted octanol–water partition coefficient (Wildman–Crippen LogP) is 0.779. The summed E-state index contributed by atoms with van der Waals surface area (Å²) in [4.78, 5) is 12.1. The van der Waals surface area contributed by atoms with Crippen molar-refractivity contribution in [1.82, 2.24) is 5.32 Å². The van der Waals surface area contributed by atoms with E-state index in [-0.39, 0.29) is 35.4 Å². The molecule has 2 fully saturated rings. The Morgan fingerprint density at radius 3 is 2.53 bits per heavy atom. The summed E-state index contributed by atoms with van der Waals surface area (Å²) in [7, 11) is 0. The van der Waals surface area contributed by atoms with Crippen molar-refractivity contribution < 1.29 is 9.90 Å². The number of hydrogen-bond donors (Lipinski definition) is 3. The van der Waals surface area contributed by atoms with Crippen LogP contribution in [0.15, 0.2) is 0 Å². The van der Waals surface area contributed by atoms with Crippen molar-refractivity contribution in [3.05, 3.63) is 0 Å². The summed E-state index contributed by atoms with van der Waals surface area (Å²) in [5, 5.41) is 12.7. The predicted molar refractivity (Wildman–Crippen MR) is 66.3 cm³/mol. The van der Waals surface area contributed by atoms with Crippen LogP contribution in [0.3, 0.4) is 0 Å². The van der Waals surface area contributed by atoms with Gasteiger partial charge in [-0.2, -0.15) is 0 Å². The maximum atomic E-state index is 12.1. The van der Waals surface area contributed by atoms with E-state index in [1.54, 1.807) is 0 Å². The van der Waals surface area contributed by atoms with Gasteiger partial charge in [0.25, 0.3) is 0 Å². The minimum atomic E-state index is -0.298. The molecule has 17 heavy (non-hydrogen) atoms. The molecule has 4 nitrogen and oxygen atoms in total. The molecule has 2 aliphatic carbocycles. The molecule has 4 atom stereocenters. The number of carbonyl (C=O) groups excluding carboxylic acids is 1. The molecule has 98 valence electrons. The fourth-order valence-corrected chi connectivity index (χ4v) is 2.91. The van der Waals surface area contributed by atoms with Crippen LogP contribution >= 0.6 is 0 Å². The lowest BCUT2D eigenvalue weighted by Gasteiger charge is -2.50. The number of amides is 1. The summed E-state index contributed by atoms with van der Waals surface area (Å²) >= 11 is 0. The Morgan fingerprint density at radius 1 is 1.35 bits per heavy atom. The third-order valence-corrected chi connectivity index (χ3v) is 4.69. The highest BCUT2D eigenvalue weighted by atomic mass is 16.3. The number of nitrogens with two attached hydrogens (primary N) is 1. The van der Waals surface area contributed by atoms with Crippen LogP contribution < -0.4 is 11.1 Å². The van der Waals surface area contributed by atoms with E-state index in [0.717, 1.165) is 25.7 Å². The van der Waals surface area contributed by atoms with Crippen LogP contribution in [0.25, 0.3) is 0 Å². The number of aliphatic hydroxyl groups is 1. The van der Waals surface area contributed by atoms with Gasteiger partial charge in [-0.15, -0.1) is 0 Å². The highest BCUT2D eigenvalue weighted by Gasteiger charge is 2.48. The number of hydrogen-bond acceptors (Lipinski definition) is 3. The SMILES string of the molecule is CC1(C)C(O)CC1NC(=O)C1CCCCC1N. The zero-order valence-electron chi connectivity index (χ0n) is 10.8. The third kappa shape index (κ3) is 2.33. The fraction of sp³-hybridized carbons (Fsp3) is 0.923. The number of rotatable bonds is 2. The van der Waals surface area contributed by atoms with Crippen LogP contribution in [0.1, 0.15) is 46.0 Å². The van der Waals surface area contributed by atoms with Crippen LogP contribution in [-0.4, -0.2) is 29.2 Å². The van der Waals surface area contributed by atoms with E-state index in [0.29, 0.717) is 6.42 Å². The van der Waals surface area contributed by atoms with Gasteiger partial charge in [-0.05, 0) is 19.3 Å². The van der Waals surface area contributed by atoms with Crippen molar-refractivity contribution in [1.29, 1.82) is 0 Å². The molecule has 2 saturated carbocycles. The summed E-state index contributed by atoms with van der Waals surface area (Å²) < 4.78 is 0. The highest BCUT2D eigenvalue weighted by Crippen LogP contribution is 2.40. The molecule has 2 aliphatic rings. The van der Waals surface area contributed by atoms with Gasteiger partial charge < -0.3 is 16.2 Å². The molecule has 4 heteroatoms. The summed E-state index contributed by atoms with van der Waals surface area (Å²) in [6.07, 6.45) is 4.46. The second-order valence-electron chi connectivity index (χ2n) is 6.19. The molecule has 0 saturated heterocycles. The van der Waals surface area contributed by atoms with Gasteiger partial charge in [-0.1, -0.05) is 26.7 Å². The van der Waals surface area contributed by atoms with Crippen molar-refractivity contribution in [3.8, 4) is 0 Å². The van der Waals surface area contributed by atoms with E-state index < -0.39 is 0 Å². The minimum Gasteiger partial charge on any atom is -0.392 e. The molecule has 0 aromatic heterocycles. The Bertz CT molecular complexity index is 304. The molecule has 0 aromatic rings. The molecule has 0 spiro atoms. The lowest BCUT2D eigenvalue weighted by Crippen LogP contribution is -2.62. The van der Waals surface area contributed by atoms with E-state index in [1.807, 2.05) is 13.8 Å². The van der Waals surface area contributed by atoms with Gasteiger partial charge in [-0.3, -0.25) is 4.79 Å². The monoisotopic (exact) mass is 240 g/mol. The smallest absolute Gasteiger partial charge is 0.224 e. The summed E-state index contributed by atoms with van der Waals surface area (Å²) in [5.41, 5.74) is 5.80. The minimum absolute atomic E-state index is 0.0110. The maximum absolute atomic E-state index is 12.1. The Kier molecular flexibility index (Phi) is 3.46. The first kappa shape index (κ1) is 12.8. The first-order valence-electron chi connectivity index (χ1n) is 6.67. The molecule has 1 amide bonds. The van der Waals surface area contributed by atoms with Crippen LogP contribution in [0.4, 0.5) is 0 Å². The second-order valence-corrected chi connectivity index (χ2v) is 6.19. The van der Waals surface area contributed by atoms with Crippen LogP contribution in [0.5, 0.6) is 0 Å². The van der Waals surface area contributed by atoms with Gasteiger partial charge in [0.1, 0.15) is 0 Å². The first-order valence-corrected chi connectivity index (χ1v) is 6.67. The Balaban J connectivity index is 1.89. The van der Waals surface area contributed by atoms with Crippen LogP contribution in [0.2, 0.25) is 0 Å². The Labute approximate surface area is 103 Å². The zero-order chi connectivity index (χ0) is 12.6. The summed E-state index contributed by atoms with van der Waals surface area (Å²) in [6.45, 7) is 3.99. The number of nitrogens with one attached hydrogen (secondary N) is 1. The third-order valence-electron chi connectivity index (χ3n) is 4.69. The lowest BCUT2D eigenvalue weighted by atomic mass is 9.64. The molecular weight excluding hydrogens is 216 g/mol. The number of aliphatic hydroxyl groups excluding tert-OH is 1. The molecule has 0 aromatic carbocycles. The molecule has 2 rings (SSSR count). The zero-order valence-corrected chi connectivity index (χ0v) is 10.8. The van der Waals surface area contributed by atoms with Crippen molar-refractivity contribution in [2.75, 3.05) is 0 Å². The largest absolute Gasteiger partial charge is 0.392 e.